The third-order valence-electron chi connectivity index (χ3n) is 3.95. The number of ether oxygens (including phenoxy) is 1. The van der Waals surface area contributed by atoms with Gasteiger partial charge in [0.05, 0.1) is 18.0 Å². The molecule has 0 bridgehead atoms. The molecule has 25 heavy (non-hydrogen) atoms. The van der Waals surface area contributed by atoms with Crippen LogP contribution in [0, 0.1) is 5.92 Å². The fourth-order valence-electron chi connectivity index (χ4n) is 2.54. The van der Waals surface area contributed by atoms with Crippen LogP contribution in [0.25, 0.3) is 0 Å². The van der Waals surface area contributed by atoms with Gasteiger partial charge in [0.1, 0.15) is 5.75 Å². The Morgan fingerprint density at radius 2 is 1.72 bits per heavy atom. The van der Waals surface area contributed by atoms with Gasteiger partial charge >= 0.3 is 0 Å². The molecule has 2 aromatic rings. The van der Waals surface area contributed by atoms with Crippen LogP contribution < -0.4 is 10.1 Å². The number of sulfone groups is 1. The topological polar surface area (TPSA) is 72.5 Å². The molecule has 0 aliphatic carbocycles. The van der Waals surface area contributed by atoms with E-state index in [1.165, 1.54) is 12.1 Å². The molecule has 6 heteroatoms. The number of carbonyl (C=O) groups excluding carboxylic acids is 1. The van der Waals surface area contributed by atoms with E-state index >= 15 is 0 Å². The molecule has 5 nitrogen and oxygen atoms in total. The highest BCUT2D eigenvalue weighted by Gasteiger charge is 2.20. The van der Waals surface area contributed by atoms with Crippen molar-refractivity contribution >= 4 is 15.7 Å². The molecule has 0 aliphatic heterocycles. The van der Waals surface area contributed by atoms with Crippen molar-refractivity contribution in [3.63, 3.8) is 0 Å². The van der Waals surface area contributed by atoms with E-state index in [4.69, 9.17) is 4.74 Å². The molecule has 0 saturated carbocycles. The molecule has 134 valence electrons. The highest BCUT2D eigenvalue weighted by atomic mass is 32.2. The number of nitrogens with one attached hydrogen (secondary N) is 1. The Kier molecular flexibility index (Phi) is 5.85. The molecule has 1 N–H and O–H groups in total. The predicted molar refractivity (Wildman–Crippen MR) is 97.6 cm³/mol. The zero-order chi connectivity index (χ0) is 18.6. The Bertz CT molecular complexity index is 842. The summed E-state index contributed by atoms with van der Waals surface area (Å²) in [6, 6.07) is 13.4. The van der Waals surface area contributed by atoms with Crippen LogP contribution in [0.3, 0.4) is 0 Å². The summed E-state index contributed by atoms with van der Waals surface area (Å²) in [5, 5.41) is 2.99. The molecule has 0 unspecified atom stereocenters. The summed E-state index contributed by atoms with van der Waals surface area (Å²) in [5.41, 5.74) is 1.28. The van der Waals surface area contributed by atoms with Gasteiger partial charge in [0.25, 0.3) is 5.91 Å². The van der Waals surface area contributed by atoms with Crippen LogP contribution in [0.15, 0.2) is 53.4 Å². The molecular weight excluding hydrogens is 338 g/mol. The SMILES string of the molecule is COc1ccc([C@@H](NC(=O)c2cccc(S(C)(=O)=O)c2)C(C)C)cc1. The van der Waals surface area contributed by atoms with Gasteiger partial charge in [-0.3, -0.25) is 4.79 Å². The summed E-state index contributed by atoms with van der Waals surface area (Å²) in [6.07, 6.45) is 1.12. The van der Waals surface area contributed by atoms with Crippen LogP contribution in [0.4, 0.5) is 0 Å². The van der Waals surface area contributed by atoms with Gasteiger partial charge in [0.2, 0.25) is 0 Å². The Hall–Kier alpha value is -2.34. The molecule has 1 amide bonds. The number of hydrogen-bond acceptors (Lipinski definition) is 4. The van der Waals surface area contributed by atoms with Crippen LogP contribution in [0.2, 0.25) is 0 Å². The van der Waals surface area contributed by atoms with Gasteiger partial charge in [-0.1, -0.05) is 32.0 Å². The predicted octanol–water partition coefficient (Wildman–Crippen LogP) is 3.23. The molecule has 0 saturated heterocycles. The summed E-state index contributed by atoms with van der Waals surface area (Å²) >= 11 is 0. The third kappa shape index (κ3) is 4.82. The molecule has 0 aliphatic rings. The number of methoxy groups -OCH3 is 1. The second-order valence-corrected chi connectivity index (χ2v) is 8.28. The number of benzene rings is 2. The fraction of sp³-hybridized carbons (Fsp3) is 0.316. The standard InChI is InChI=1S/C19H23NO4S/c1-13(2)18(14-8-10-16(24-3)11-9-14)20-19(21)15-6-5-7-17(12-15)25(4,22)23/h5-13,18H,1-4H3,(H,20,21)/t18-/m0/s1. The van der Waals surface area contributed by atoms with Crippen LogP contribution in [-0.4, -0.2) is 27.7 Å². The minimum atomic E-state index is -3.36. The summed E-state index contributed by atoms with van der Waals surface area (Å²) in [7, 11) is -1.75. The third-order valence-corrected chi connectivity index (χ3v) is 5.06. The monoisotopic (exact) mass is 361 g/mol. The maximum atomic E-state index is 12.6. The lowest BCUT2D eigenvalue weighted by molar-refractivity contribution is 0.0925. The van der Waals surface area contributed by atoms with E-state index in [1.54, 1.807) is 19.2 Å². The van der Waals surface area contributed by atoms with Gasteiger partial charge in [-0.2, -0.15) is 0 Å². The van der Waals surface area contributed by atoms with Crippen molar-refractivity contribution in [2.75, 3.05) is 13.4 Å². The maximum Gasteiger partial charge on any atom is 0.251 e. The van der Waals surface area contributed by atoms with Crippen molar-refractivity contribution in [2.24, 2.45) is 5.92 Å². The first-order valence-electron chi connectivity index (χ1n) is 7.97. The Balaban J connectivity index is 2.26. The first kappa shape index (κ1) is 19.0. The van der Waals surface area contributed by atoms with E-state index in [0.717, 1.165) is 17.6 Å². The van der Waals surface area contributed by atoms with Crippen molar-refractivity contribution in [1.82, 2.24) is 5.32 Å². The molecule has 2 aromatic carbocycles. The van der Waals surface area contributed by atoms with Crippen LogP contribution in [0.1, 0.15) is 35.8 Å². The summed E-state index contributed by atoms with van der Waals surface area (Å²) < 4.78 is 28.5. The summed E-state index contributed by atoms with van der Waals surface area (Å²) in [4.78, 5) is 12.7. The second kappa shape index (κ2) is 7.70. The van der Waals surface area contributed by atoms with E-state index in [2.05, 4.69) is 5.32 Å². The van der Waals surface area contributed by atoms with Crippen molar-refractivity contribution in [3.05, 3.63) is 59.7 Å². The molecule has 0 radical (unpaired) electrons. The van der Waals surface area contributed by atoms with Gasteiger partial charge in [0.15, 0.2) is 9.84 Å². The average Bonchev–Trinajstić information content (AvgIpc) is 2.58. The molecular formula is C19H23NO4S. The zero-order valence-corrected chi connectivity index (χ0v) is 15.6. The lowest BCUT2D eigenvalue weighted by atomic mass is 9.95. The zero-order valence-electron chi connectivity index (χ0n) is 14.8. The highest BCUT2D eigenvalue weighted by Crippen LogP contribution is 2.24. The molecule has 0 heterocycles. The molecule has 0 spiro atoms. The van der Waals surface area contributed by atoms with Crippen LogP contribution in [-0.2, 0) is 9.84 Å². The largest absolute Gasteiger partial charge is 0.497 e. The first-order valence-corrected chi connectivity index (χ1v) is 9.86. The highest BCUT2D eigenvalue weighted by molar-refractivity contribution is 7.90. The summed E-state index contributed by atoms with van der Waals surface area (Å²) in [5.74, 6) is 0.605. The quantitative estimate of drug-likeness (QED) is 0.857. The minimum absolute atomic E-state index is 0.130. The van der Waals surface area contributed by atoms with Crippen molar-refractivity contribution in [1.29, 1.82) is 0 Å². The van der Waals surface area contributed by atoms with Crippen LogP contribution in [0.5, 0.6) is 5.75 Å². The van der Waals surface area contributed by atoms with Gasteiger partial charge in [0, 0.05) is 11.8 Å². The average molecular weight is 361 g/mol. The van der Waals surface area contributed by atoms with Crippen molar-refractivity contribution in [3.8, 4) is 5.75 Å². The molecule has 1 atom stereocenters. The molecule has 0 fully saturated rings. The number of hydrogen-bond donors (Lipinski definition) is 1. The smallest absolute Gasteiger partial charge is 0.251 e. The Morgan fingerprint density at radius 3 is 2.24 bits per heavy atom. The number of amides is 1. The first-order chi connectivity index (χ1) is 11.7. The fourth-order valence-corrected chi connectivity index (χ4v) is 3.21. The van der Waals surface area contributed by atoms with E-state index < -0.39 is 9.84 Å². The van der Waals surface area contributed by atoms with Gasteiger partial charge in [-0.15, -0.1) is 0 Å². The maximum absolute atomic E-state index is 12.6. The van der Waals surface area contributed by atoms with E-state index in [0.29, 0.717) is 5.56 Å². The van der Waals surface area contributed by atoms with Crippen molar-refractivity contribution < 1.29 is 17.9 Å². The van der Waals surface area contributed by atoms with Gasteiger partial charge in [-0.25, -0.2) is 8.42 Å². The second-order valence-electron chi connectivity index (χ2n) is 6.27. The van der Waals surface area contributed by atoms with E-state index in [9.17, 15) is 13.2 Å². The van der Waals surface area contributed by atoms with Crippen molar-refractivity contribution in [2.45, 2.75) is 24.8 Å². The van der Waals surface area contributed by atoms with E-state index in [1.807, 2.05) is 38.1 Å². The van der Waals surface area contributed by atoms with Crippen LogP contribution >= 0.6 is 0 Å². The minimum Gasteiger partial charge on any atom is -0.497 e. The summed E-state index contributed by atoms with van der Waals surface area (Å²) in [6.45, 7) is 4.03. The number of carbonyl (C=O) groups is 1. The molecule has 0 aromatic heterocycles. The normalized spacial score (nSPS) is 12.7. The van der Waals surface area contributed by atoms with Gasteiger partial charge in [-0.05, 0) is 41.8 Å². The molecule has 2 rings (SSSR count). The van der Waals surface area contributed by atoms with Gasteiger partial charge < -0.3 is 10.1 Å². The Labute approximate surface area is 148 Å². The number of rotatable bonds is 6. The Morgan fingerprint density at radius 1 is 1.08 bits per heavy atom. The lowest BCUT2D eigenvalue weighted by Gasteiger charge is -2.23. The van der Waals surface area contributed by atoms with E-state index in [-0.39, 0.29) is 22.8 Å². The lowest BCUT2D eigenvalue weighted by Crippen LogP contribution is -2.31.